The molecule has 0 atom stereocenters. The van der Waals surface area contributed by atoms with E-state index in [1.165, 1.54) is 0 Å². The van der Waals surface area contributed by atoms with Crippen LogP contribution in [0.25, 0.3) is 11.8 Å². The number of carbonyl (C=O) groups is 1. The predicted octanol–water partition coefficient (Wildman–Crippen LogP) is 5.19. The lowest BCUT2D eigenvalue weighted by Crippen LogP contribution is -2.25. The molecule has 0 radical (unpaired) electrons. The number of carbonyl (C=O) groups excluding carboxylic acids is 1. The first-order valence-electron chi connectivity index (χ1n) is 9.48. The maximum Gasteiger partial charge on any atom is 0.334 e. The van der Waals surface area contributed by atoms with Gasteiger partial charge in [0.2, 0.25) is 0 Å². The van der Waals surface area contributed by atoms with E-state index in [0.29, 0.717) is 30.0 Å². The number of imidazole rings is 1. The highest BCUT2D eigenvalue weighted by Crippen LogP contribution is 2.27. The number of aromatic nitrogens is 2. The van der Waals surface area contributed by atoms with E-state index in [-0.39, 0.29) is 5.97 Å². The van der Waals surface area contributed by atoms with Crippen molar-refractivity contribution in [3.63, 3.8) is 0 Å². The zero-order valence-corrected chi connectivity index (χ0v) is 18.0. The van der Waals surface area contributed by atoms with Crippen LogP contribution in [0.5, 0.6) is 5.75 Å². The molecule has 0 aliphatic carbocycles. The van der Waals surface area contributed by atoms with E-state index in [0.717, 1.165) is 23.4 Å². The minimum atomic E-state index is -0.545. The molecule has 0 spiro atoms. The summed E-state index contributed by atoms with van der Waals surface area (Å²) in [6, 6.07) is 5.82. The van der Waals surface area contributed by atoms with Crippen LogP contribution in [-0.2, 0) is 16.0 Å². The summed E-state index contributed by atoms with van der Waals surface area (Å²) >= 11 is 5.83. The Hall–Kier alpha value is -2.27. The summed E-state index contributed by atoms with van der Waals surface area (Å²) in [6.07, 6.45) is 7.74. The lowest BCUT2D eigenvalue weighted by molar-refractivity contribution is -0.149. The van der Waals surface area contributed by atoms with Crippen LogP contribution in [0, 0.1) is 0 Å². The largest absolute Gasteiger partial charge is 0.495 e. The number of methoxy groups -OCH3 is 1. The normalized spacial score (nSPS) is 12.1. The maximum atomic E-state index is 12.6. The van der Waals surface area contributed by atoms with E-state index in [9.17, 15) is 4.79 Å². The Morgan fingerprint density at radius 1 is 1.32 bits per heavy atom. The summed E-state index contributed by atoms with van der Waals surface area (Å²) in [5.74, 6) is 0.875. The quantitative estimate of drug-likeness (QED) is 0.345. The molecule has 2 aromatic rings. The minimum absolute atomic E-state index is 0.317. The number of hydrogen-bond donors (Lipinski definition) is 0. The van der Waals surface area contributed by atoms with E-state index in [4.69, 9.17) is 21.1 Å². The monoisotopic (exact) mass is 404 g/mol. The molecule has 0 amide bonds. The summed E-state index contributed by atoms with van der Waals surface area (Å²) in [5, 5.41) is 0. The Labute approximate surface area is 172 Å². The van der Waals surface area contributed by atoms with Gasteiger partial charge in [-0.2, -0.15) is 0 Å². The molecule has 0 aliphatic rings. The molecule has 0 saturated heterocycles. The van der Waals surface area contributed by atoms with Gasteiger partial charge in [0, 0.05) is 17.6 Å². The molecule has 28 heavy (non-hydrogen) atoms. The summed E-state index contributed by atoms with van der Waals surface area (Å²) < 4.78 is 13.0. The van der Waals surface area contributed by atoms with Gasteiger partial charge in [0.15, 0.2) is 0 Å². The molecule has 0 bridgehead atoms. The van der Waals surface area contributed by atoms with Crippen LogP contribution in [-0.4, -0.2) is 34.1 Å². The van der Waals surface area contributed by atoms with E-state index < -0.39 is 5.60 Å². The Morgan fingerprint density at radius 3 is 2.64 bits per heavy atom. The Balaban J connectivity index is 2.36. The molecule has 0 fully saturated rings. The average molecular weight is 405 g/mol. The molecular weight excluding hydrogens is 376 g/mol. The van der Waals surface area contributed by atoms with Crippen LogP contribution in [0.4, 0.5) is 0 Å². The van der Waals surface area contributed by atoms with Crippen molar-refractivity contribution in [1.82, 2.24) is 9.55 Å². The molecule has 2 rings (SSSR count). The molecule has 0 N–H and O–H groups in total. The highest BCUT2D eigenvalue weighted by molar-refractivity contribution is 6.17. The first-order valence-corrected chi connectivity index (χ1v) is 10.0. The fourth-order valence-electron chi connectivity index (χ4n) is 2.71. The van der Waals surface area contributed by atoms with Gasteiger partial charge in [0.25, 0.3) is 0 Å². The first kappa shape index (κ1) is 22.0. The zero-order valence-electron chi connectivity index (χ0n) is 17.3. The van der Waals surface area contributed by atoms with Crippen molar-refractivity contribution in [2.45, 2.75) is 52.6 Å². The van der Waals surface area contributed by atoms with Gasteiger partial charge >= 0.3 is 5.97 Å². The maximum absolute atomic E-state index is 12.6. The standard InChI is InChI=1S/C22H29ClN2O3/c1-6-18-14-25(15-24-18)19-10-9-16(13-20(19)27-5)12-17(8-7-11-23)21(26)28-22(2,3)4/h9-10,12-15H,6-8,11H2,1-5H3. The Kier molecular flexibility index (Phi) is 7.69. The molecule has 1 aromatic heterocycles. The number of benzene rings is 1. The molecule has 1 aromatic carbocycles. The molecular formula is C22H29ClN2O3. The third-order valence-electron chi connectivity index (χ3n) is 4.06. The van der Waals surface area contributed by atoms with Crippen LogP contribution >= 0.6 is 11.6 Å². The van der Waals surface area contributed by atoms with Gasteiger partial charge in [-0.3, -0.25) is 0 Å². The van der Waals surface area contributed by atoms with Crippen molar-refractivity contribution in [3.05, 3.63) is 47.6 Å². The van der Waals surface area contributed by atoms with Crippen LogP contribution in [0.15, 0.2) is 36.3 Å². The number of alkyl halides is 1. The second-order valence-electron chi connectivity index (χ2n) is 7.52. The van der Waals surface area contributed by atoms with Gasteiger partial charge in [0.05, 0.1) is 24.8 Å². The highest BCUT2D eigenvalue weighted by Gasteiger charge is 2.20. The minimum Gasteiger partial charge on any atom is -0.495 e. The molecule has 5 nitrogen and oxygen atoms in total. The van der Waals surface area contributed by atoms with Gasteiger partial charge in [-0.05, 0) is 63.8 Å². The Bertz CT molecular complexity index is 835. The number of halogens is 1. The third kappa shape index (κ3) is 6.13. The lowest BCUT2D eigenvalue weighted by atomic mass is 10.1. The van der Waals surface area contributed by atoms with Gasteiger partial charge in [-0.1, -0.05) is 13.0 Å². The number of nitrogens with zero attached hydrogens (tertiary/aromatic N) is 2. The SMILES string of the molecule is CCc1cn(-c2ccc(C=C(CCCCl)C(=O)OC(C)(C)C)cc2OC)cn1. The first-order chi connectivity index (χ1) is 13.3. The molecule has 0 saturated carbocycles. The smallest absolute Gasteiger partial charge is 0.334 e. The lowest BCUT2D eigenvalue weighted by Gasteiger charge is -2.20. The van der Waals surface area contributed by atoms with Crippen molar-refractivity contribution >= 4 is 23.6 Å². The van der Waals surface area contributed by atoms with E-state index in [2.05, 4.69) is 11.9 Å². The van der Waals surface area contributed by atoms with Gasteiger partial charge < -0.3 is 14.0 Å². The topological polar surface area (TPSA) is 53.4 Å². The second kappa shape index (κ2) is 9.78. The Morgan fingerprint density at radius 2 is 2.07 bits per heavy atom. The zero-order chi connectivity index (χ0) is 20.7. The second-order valence-corrected chi connectivity index (χ2v) is 7.90. The number of hydrogen-bond acceptors (Lipinski definition) is 4. The molecule has 0 unspecified atom stereocenters. The molecule has 1 heterocycles. The summed E-state index contributed by atoms with van der Waals surface area (Å²) in [5.41, 5.74) is 2.83. The number of esters is 1. The van der Waals surface area contributed by atoms with Crippen LogP contribution in [0.1, 0.15) is 51.8 Å². The fraction of sp³-hybridized carbons (Fsp3) is 0.455. The van der Waals surface area contributed by atoms with Crippen LogP contribution in [0.2, 0.25) is 0 Å². The van der Waals surface area contributed by atoms with Crippen molar-refractivity contribution in [3.8, 4) is 11.4 Å². The van der Waals surface area contributed by atoms with E-state index >= 15 is 0 Å². The highest BCUT2D eigenvalue weighted by atomic mass is 35.5. The summed E-state index contributed by atoms with van der Waals surface area (Å²) in [6.45, 7) is 7.64. The van der Waals surface area contributed by atoms with Crippen molar-refractivity contribution in [2.24, 2.45) is 0 Å². The van der Waals surface area contributed by atoms with Gasteiger partial charge in [0.1, 0.15) is 11.4 Å². The number of rotatable bonds is 8. The summed E-state index contributed by atoms with van der Waals surface area (Å²) in [7, 11) is 1.63. The average Bonchev–Trinajstić information content (AvgIpc) is 3.12. The fourth-order valence-corrected chi connectivity index (χ4v) is 2.84. The van der Waals surface area contributed by atoms with Crippen LogP contribution in [0.3, 0.4) is 0 Å². The molecule has 0 aliphatic heterocycles. The number of ether oxygens (including phenoxy) is 2. The summed E-state index contributed by atoms with van der Waals surface area (Å²) in [4.78, 5) is 16.9. The van der Waals surface area contributed by atoms with Crippen LogP contribution < -0.4 is 4.74 Å². The third-order valence-corrected chi connectivity index (χ3v) is 4.33. The van der Waals surface area contributed by atoms with Crippen molar-refractivity contribution < 1.29 is 14.3 Å². The van der Waals surface area contributed by atoms with Gasteiger partial charge in [-0.25, -0.2) is 9.78 Å². The predicted molar refractivity (Wildman–Crippen MR) is 113 cm³/mol. The van der Waals surface area contributed by atoms with E-state index in [1.54, 1.807) is 13.4 Å². The van der Waals surface area contributed by atoms with E-state index in [1.807, 2.05) is 55.8 Å². The van der Waals surface area contributed by atoms with Gasteiger partial charge in [-0.15, -0.1) is 11.6 Å². The van der Waals surface area contributed by atoms with Crippen molar-refractivity contribution in [2.75, 3.05) is 13.0 Å². The molecule has 6 heteroatoms. The van der Waals surface area contributed by atoms with Crippen molar-refractivity contribution in [1.29, 1.82) is 0 Å². The molecule has 152 valence electrons. The number of aryl methyl sites for hydroxylation is 1.